The molecular formula is C16H17N3O. The molecule has 0 aromatic heterocycles. The molecule has 1 heterocycles. The maximum atomic E-state index is 12.7. The van der Waals surface area contributed by atoms with E-state index < -0.39 is 0 Å². The summed E-state index contributed by atoms with van der Waals surface area (Å²) >= 11 is 0. The number of para-hydroxylation sites is 1. The summed E-state index contributed by atoms with van der Waals surface area (Å²) in [6.45, 7) is 0. The summed E-state index contributed by atoms with van der Waals surface area (Å²) < 4.78 is 0. The largest absolute Gasteiger partial charge is 0.360 e. The Bertz CT molecular complexity index is 625. The maximum absolute atomic E-state index is 12.7. The second-order valence-corrected chi connectivity index (χ2v) is 5.00. The molecule has 4 heteroatoms. The molecule has 0 bridgehead atoms. The summed E-state index contributed by atoms with van der Waals surface area (Å²) in [4.78, 5) is 12.7. The van der Waals surface area contributed by atoms with Crippen LogP contribution in [0.5, 0.6) is 0 Å². The van der Waals surface area contributed by atoms with Gasteiger partial charge in [-0.15, -0.1) is 0 Å². The van der Waals surface area contributed by atoms with Gasteiger partial charge in [-0.2, -0.15) is 0 Å². The first-order valence-electron chi connectivity index (χ1n) is 6.60. The highest BCUT2D eigenvalue weighted by Crippen LogP contribution is 2.33. The van der Waals surface area contributed by atoms with E-state index in [0.29, 0.717) is 5.56 Å². The van der Waals surface area contributed by atoms with Crippen molar-refractivity contribution in [3.8, 4) is 0 Å². The molecule has 0 aliphatic carbocycles. The zero-order valence-corrected chi connectivity index (χ0v) is 11.6. The molecule has 0 radical (unpaired) electrons. The molecule has 0 unspecified atom stereocenters. The minimum Gasteiger partial charge on any atom is -0.360 e. The molecule has 1 N–H and O–H groups in total. The zero-order valence-electron chi connectivity index (χ0n) is 11.6. The van der Waals surface area contributed by atoms with Crippen LogP contribution < -0.4 is 5.32 Å². The minimum atomic E-state index is -0.186. The number of fused-ring (bicyclic) bond motifs is 1. The summed E-state index contributed by atoms with van der Waals surface area (Å²) in [6.07, 6.45) is -0.186. The topological polar surface area (TPSA) is 35.6 Å². The van der Waals surface area contributed by atoms with Crippen molar-refractivity contribution in [2.75, 3.05) is 19.4 Å². The molecule has 102 valence electrons. The molecule has 1 amide bonds. The Morgan fingerprint density at radius 3 is 2.35 bits per heavy atom. The molecule has 1 aliphatic heterocycles. The standard InChI is InChI=1S/C16H17N3O/c1-18(2)19-15(12-8-4-3-5-9-12)17-14-11-7-6-10-13(14)16(19)20/h3-11,15,17H,1-2H3/t15-/m1/s1. The van der Waals surface area contributed by atoms with Crippen molar-refractivity contribution in [3.63, 3.8) is 0 Å². The van der Waals surface area contributed by atoms with Gasteiger partial charge in [0, 0.05) is 19.8 Å². The van der Waals surface area contributed by atoms with Gasteiger partial charge in [-0.05, 0) is 17.7 Å². The predicted octanol–water partition coefficient (Wildman–Crippen LogP) is 2.73. The maximum Gasteiger partial charge on any atom is 0.272 e. The molecule has 0 saturated heterocycles. The van der Waals surface area contributed by atoms with Crippen LogP contribution >= 0.6 is 0 Å². The number of nitrogens with zero attached hydrogens (tertiary/aromatic N) is 2. The smallest absolute Gasteiger partial charge is 0.272 e. The van der Waals surface area contributed by atoms with Gasteiger partial charge in [-0.25, -0.2) is 10.0 Å². The number of benzene rings is 2. The van der Waals surface area contributed by atoms with Crippen LogP contribution in [0, 0.1) is 0 Å². The van der Waals surface area contributed by atoms with E-state index in [1.54, 1.807) is 5.01 Å². The lowest BCUT2D eigenvalue weighted by Gasteiger charge is -2.41. The molecule has 2 aromatic rings. The number of hydrogen-bond acceptors (Lipinski definition) is 3. The number of amides is 1. The third kappa shape index (κ3) is 2.04. The Morgan fingerprint density at radius 1 is 1.00 bits per heavy atom. The first-order chi connectivity index (χ1) is 9.68. The van der Waals surface area contributed by atoms with Crippen molar-refractivity contribution in [1.82, 2.24) is 10.0 Å². The number of carbonyl (C=O) groups is 1. The van der Waals surface area contributed by atoms with Gasteiger partial charge in [0.2, 0.25) is 0 Å². The summed E-state index contributed by atoms with van der Waals surface area (Å²) in [5.74, 6) is 0.0122. The van der Waals surface area contributed by atoms with Crippen LogP contribution in [0.1, 0.15) is 22.1 Å². The summed E-state index contributed by atoms with van der Waals surface area (Å²) in [7, 11) is 3.76. The lowest BCUT2D eigenvalue weighted by atomic mass is 10.0. The fraction of sp³-hybridized carbons (Fsp3) is 0.188. The third-order valence-corrected chi connectivity index (χ3v) is 3.45. The Hall–Kier alpha value is -2.33. The number of hydrazine groups is 1. The van der Waals surface area contributed by atoms with Gasteiger partial charge in [0.1, 0.15) is 6.17 Å². The lowest BCUT2D eigenvalue weighted by Crippen LogP contribution is -2.49. The monoisotopic (exact) mass is 267 g/mol. The number of rotatable bonds is 2. The first kappa shape index (κ1) is 12.7. The van der Waals surface area contributed by atoms with Crippen molar-refractivity contribution in [1.29, 1.82) is 0 Å². The second kappa shape index (κ2) is 4.98. The van der Waals surface area contributed by atoms with Crippen molar-refractivity contribution >= 4 is 11.6 Å². The Labute approximate surface area is 118 Å². The molecule has 0 fully saturated rings. The van der Waals surface area contributed by atoms with Crippen molar-refractivity contribution in [2.45, 2.75) is 6.17 Å². The van der Waals surface area contributed by atoms with E-state index in [1.165, 1.54) is 0 Å². The molecule has 4 nitrogen and oxygen atoms in total. The van der Waals surface area contributed by atoms with Gasteiger partial charge in [-0.1, -0.05) is 42.5 Å². The first-order valence-corrected chi connectivity index (χ1v) is 6.60. The fourth-order valence-corrected chi connectivity index (χ4v) is 2.52. The minimum absolute atomic E-state index is 0.0122. The van der Waals surface area contributed by atoms with Crippen molar-refractivity contribution < 1.29 is 4.79 Å². The van der Waals surface area contributed by atoms with Gasteiger partial charge >= 0.3 is 0 Å². The average Bonchev–Trinajstić information content (AvgIpc) is 2.47. The second-order valence-electron chi connectivity index (χ2n) is 5.00. The zero-order chi connectivity index (χ0) is 14.1. The molecular weight excluding hydrogens is 250 g/mol. The molecule has 2 aromatic carbocycles. The van der Waals surface area contributed by atoms with E-state index >= 15 is 0 Å². The Morgan fingerprint density at radius 2 is 1.65 bits per heavy atom. The van der Waals surface area contributed by atoms with E-state index in [0.717, 1.165) is 11.3 Å². The SMILES string of the molecule is CN(C)N1C(=O)c2ccccc2N[C@H]1c1ccccc1. The summed E-state index contributed by atoms with van der Waals surface area (Å²) in [5, 5.41) is 6.99. The molecule has 20 heavy (non-hydrogen) atoms. The van der Waals surface area contributed by atoms with Gasteiger partial charge in [0.15, 0.2) is 0 Å². The molecule has 0 saturated carbocycles. The number of anilines is 1. The van der Waals surface area contributed by atoms with E-state index in [9.17, 15) is 4.79 Å². The third-order valence-electron chi connectivity index (χ3n) is 3.45. The normalized spacial score (nSPS) is 17.9. The molecule has 1 aliphatic rings. The van der Waals surface area contributed by atoms with E-state index in [4.69, 9.17) is 0 Å². The van der Waals surface area contributed by atoms with Crippen LogP contribution in [0.25, 0.3) is 0 Å². The van der Waals surface area contributed by atoms with Gasteiger partial charge in [0.25, 0.3) is 5.91 Å². The Balaban J connectivity index is 2.08. The van der Waals surface area contributed by atoms with Crippen LogP contribution in [0.2, 0.25) is 0 Å². The Kier molecular flexibility index (Phi) is 3.16. The molecule has 3 rings (SSSR count). The van der Waals surface area contributed by atoms with Crippen LogP contribution in [0.4, 0.5) is 5.69 Å². The number of carbonyl (C=O) groups excluding carboxylic acids is 1. The van der Waals surface area contributed by atoms with Crippen molar-refractivity contribution in [3.05, 3.63) is 65.7 Å². The van der Waals surface area contributed by atoms with E-state index in [-0.39, 0.29) is 12.1 Å². The van der Waals surface area contributed by atoms with Crippen LogP contribution in [-0.4, -0.2) is 30.0 Å². The lowest BCUT2D eigenvalue weighted by molar-refractivity contribution is -0.00167. The fourth-order valence-electron chi connectivity index (χ4n) is 2.52. The predicted molar refractivity (Wildman–Crippen MR) is 79.1 cm³/mol. The molecule has 1 atom stereocenters. The highest BCUT2D eigenvalue weighted by atomic mass is 16.2. The van der Waals surface area contributed by atoms with E-state index in [1.807, 2.05) is 73.7 Å². The van der Waals surface area contributed by atoms with Gasteiger partial charge in [0.05, 0.1) is 5.56 Å². The average molecular weight is 267 g/mol. The number of hydrogen-bond donors (Lipinski definition) is 1. The van der Waals surface area contributed by atoms with Crippen molar-refractivity contribution in [2.24, 2.45) is 0 Å². The van der Waals surface area contributed by atoms with Crippen LogP contribution in [0.3, 0.4) is 0 Å². The quantitative estimate of drug-likeness (QED) is 0.908. The van der Waals surface area contributed by atoms with Gasteiger partial charge in [-0.3, -0.25) is 4.79 Å². The van der Waals surface area contributed by atoms with E-state index in [2.05, 4.69) is 5.32 Å². The number of nitrogens with one attached hydrogen (secondary N) is 1. The highest BCUT2D eigenvalue weighted by molar-refractivity contribution is 6.01. The summed E-state index contributed by atoms with van der Waals surface area (Å²) in [6, 6.07) is 17.6. The van der Waals surface area contributed by atoms with Gasteiger partial charge < -0.3 is 5.32 Å². The van der Waals surface area contributed by atoms with Crippen LogP contribution in [-0.2, 0) is 0 Å². The van der Waals surface area contributed by atoms with Crippen LogP contribution in [0.15, 0.2) is 54.6 Å². The summed E-state index contributed by atoms with van der Waals surface area (Å²) in [5.41, 5.74) is 2.64. The highest BCUT2D eigenvalue weighted by Gasteiger charge is 2.34. The molecule has 0 spiro atoms.